The zero-order chi connectivity index (χ0) is 14.7. The summed E-state index contributed by atoms with van der Waals surface area (Å²) >= 11 is 0. The minimum atomic E-state index is -0.913. The molecule has 1 aromatic heterocycles. The lowest BCUT2D eigenvalue weighted by molar-refractivity contribution is -0.137. The van der Waals surface area contributed by atoms with E-state index in [-0.39, 0.29) is 12.5 Å². The Kier molecular flexibility index (Phi) is 3.96. The van der Waals surface area contributed by atoms with E-state index in [4.69, 9.17) is 9.84 Å². The number of carboxylic acid groups (broad SMARTS) is 1. The summed E-state index contributed by atoms with van der Waals surface area (Å²) in [5.41, 5.74) is 1.09. The third-order valence-corrected chi connectivity index (χ3v) is 3.55. The van der Waals surface area contributed by atoms with Crippen LogP contribution in [0, 0.1) is 0 Å². The van der Waals surface area contributed by atoms with Crippen LogP contribution in [0.3, 0.4) is 0 Å². The molecule has 21 heavy (non-hydrogen) atoms. The van der Waals surface area contributed by atoms with E-state index in [1.165, 1.54) is 4.68 Å². The molecule has 6 heteroatoms. The van der Waals surface area contributed by atoms with Gasteiger partial charge in [-0.15, -0.1) is 0 Å². The van der Waals surface area contributed by atoms with Gasteiger partial charge in [-0.3, -0.25) is 4.79 Å². The first-order valence-electron chi connectivity index (χ1n) is 6.99. The summed E-state index contributed by atoms with van der Waals surface area (Å²) in [5, 5.41) is 13.4. The first-order valence-corrected chi connectivity index (χ1v) is 6.99. The van der Waals surface area contributed by atoms with E-state index in [9.17, 15) is 4.79 Å². The van der Waals surface area contributed by atoms with Gasteiger partial charge in [-0.05, 0) is 12.0 Å². The largest absolute Gasteiger partial charge is 0.480 e. The lowest BCUT2D eigenvalue weighted by atomic mass is 10.1. The van der Waals surface area contributed by atoms with Gasteiger partial charge in [-0.1, -0.05) is 30.3 Å². The van der Waals surface area contributed by atoms with E-state index in [2.05, 4.69) is 10.1 Å². The van der Waals surface area contributed by atoms with Crippen LogP contribution < -0.4 is 0 Å². The monoisotopic (exact) mass is 287 g/mol. The highest BCUT2D eigenvalue weighted by Crippen LogP contribution is 2.23. The Hall–Kier alpha value is -2.21. The molecule has 0 aliphatic carbocycles. The topological polar surface area (TPSA) is 77.2 Å². The molecule has 3 rings (SSSR count). The van der Waals surface area contributed by atoms with Gasteiger partial charge in [-0.25, -0.2) is 9.67 Å². The molecule has 2 heterocycles. The van der Waals surface area contributed by atoms with Crippen molar-refractivity contribution in [2.75, 3.05) is 13.2 Å². The Morgan fingerprint density at radius 3 is 2.86 bits per heavy atom. The maximum atomic E-state index is 11.0. The minimum absolute atomic E-state index is 0.164. The number of ether oxygens (including phenoxy) is 1. The van der Waals surface area contributed by atoms with Crippen molar-refractivity contribution >= 4 is 5.97 Å². The van der Waals surface area contributed by atoms with Crippen molar-refractivity contribution in [2.45, 2.75) is 25.3 Å². The Balaban J connectivity index is 1.87. The van der Waals surface area contributed by atoms with E-state index in [0.717, 1.165) is 12.0 Å². The number of carboxylic acids is 1. The summed E-state index contributed by atoms with van der Waals surface area (Å²) in [6.45, 7) is 1.16. The highest BCUT2D eigenvalue weighted by molar-refractivity contribution is 5.66. The number of benzene rings is 1. The summed E-state index contributed by atoms with van der Waals surface area (Å²) in [4.78, 5) is 15.5. The van der Waals surface area contributed by atoms with E-state index in [0.29, 0.717) is 31.3 Å². The molecular formula is C15H17N3O3. The molecule has 0 unspecified atom stereocenters. The van der Waals surface area contributed by atoms with Gasteiger partial charge in [0.25, 0.3) is 0 Å². The van der Waals surface area contributed by atoms with Crippen LogP contribution in [0.1, 0.15) is 29.6 Å². The van der Waals surface area contributed by atoms with Gasteiger partial charge >= 0.3 is 5.97 Å². The van der Waals surface area contributed by atoms with Gasteiger partial charge in [0.15, 0.2) is 5.82 Å². The summed E-state index contributed by atoms with van der Waals surface area (Å²) in [5.74, 6) is 0.642. The second-order valence-corrected chi connectivity index (χ2v) is 5.16. The van der Waals surface area contributed by atoms with Crippen LogP contribution >= 0.6 is 0 Å². The summed E-state index contributed by atoms with van der Waals surface area (Å²) < 4.78 is 6.84. The van der Waals surface area contributed by atoms with Gasteiger partial charge in [0.2, 0.25) is 0 Å². The fraction of sp³-hybridized carbons (Fsp3) is 0.400. The van der Waals surface area contributed by atoms with Crippen molar-refractivity contribution in [1.29, 1.82) is 0 Å². The SMILES string of the molecule is O=C(O)Cn1nc([C@@H]2CCOC2)nc1Cc1ccccc1. The second kappa shape index (κ2) is 6.05. The van der Waals surface area contributed by atoms with Crippen LogP contribution in [0.25, 0.3) is 0 Å². The standard InChI is InChI=1S/C15H17N3O3/c19-14(20)9-18-13(8-11-4-2-1-3-5-11)16-15(17-18)12-6-7-21-10-12/h1-5,12H,6-10H2,(H,19,20)/t12-/m1/s1. The fourth-order valence-corrected chi connectivity index (χ4v) is 2.47. The Labute approximate surface area is 122 Å². The first kappa shape index (κ1) is 13.8. The predicted molar refractivity (Wildman–Crippen MR) is 75.1 cm³/mol. The summed E-state index contributed by atoms with van der Waals surface area (Å²) in [7, 11) is 0. The third-order valence-electron chi connectivity index (χ3n) is 3.55. The Bertz CT molecular complexity index is 618. The molecule has 1 N–H and O–H groups in total. The van der Waals surface area contributed by atoms with E-state index >= 15 is 0 Å². The molecule has 0 radical (unpaired) electrons. The van der Waals surface area contributed by atoms with Crippen molar-refractivity contribution in [3.63, 3.8) is 0 Å². The van der Waals surface area contributed by atoms with Gasteiger partial charge < -0.3 is 9.84 Å². The number of aromatic nitrogens is 3. The van der Waals surface area contributed by atoms with Crippen LogP contribution in [-0.4, -0.2) is 39.1 Å². The van der Waals surface area contributed by atoms with Crippen LogP contribution in [-0.2, 0) is 22.5 Å². The molecule has 1 saturated heterocycles. The average Bonchev–Trinajstić information content (AvgIpc) is 3.10. The smallest absolute Gasteiger partial charge is 0.325 e. The van der Waals surface area contributed by atoms with E-state index in [1.54, 1.807) is 0 Å². The molecule has 0 bridgehead atoms. The summed E-state index contributed by atoms with van der Waals surface area (Å²) in [6, 6.07) is 9.86. The lowest BCUT2D eigenvalue weighted by Gasteiger charge is -2.02. The second-order valence-electron chi connectivity index (χ2n) is 5.16. The lowest BCUT2D eigenvalue weighted by Crippen LogP contribution is -2.14. The van der Waals surface area contributed by atoms with Crippen LogP contribution in [0.5, 0.6) is 0 Å². The van der Waals surface area contributed by atoms with Crippen molar-refractivity contribution in [3.8, 4) is 0 Å². The predicted octanol–water partition coefficient (Wildman–Crippen LogP) is 1.46. The molecule has 1 fully saturated rings. The molecule has 2 aromatic rings. The number of hydrogen-bond donors (Lipinski definition) is 1. The molecule has 0 spiro atoms. The highest BCUT2D eigenvalue weighted by atomic mass is 16.5. The molecular weight excluding hydrogens is 270 g/mol. The van der Waals surface area contributed by atoms with Crippen molar-refractivity contribution in [1.82, 2.24) is 14.8 Å². The molecule has 6 nitrogen and oxygen atoms in total. The zero-order valence-electron chi connectivity index (χ0n) is 11.6. The number of hydrogen-bond acceptors (Lipinski definition) is 4. The average molecular weight is 287 g/mol. The van der Waals surface area contributed by atoms with Crippen molar-refractivity contribution < 1.29 is 14.6 Å². The fourth-order valence-electron chi connectivity index (χ4n) is 2.47. The maximum Gasteiger partial charge on any atom is 0.325 e. The van der Waals surface area contributed by atoms with Crippen molar-refractivity contribution in [3.05, 3.63) is 47.5 Å². The van der Waals surface area contributed by atoms with Gasteiger partial charge in [0, 0.05) is 18.9 Å². The third kappa shape index (κ3) is 3.28. The molecule has 110 valence electrons. The Morgan fingerprint density at radius 1 is 1.38 bits per heavy atom. The molecule has 1 aliphatic heterocycles. The van der Waals surface area contributed by atoms with Gasteiger partial charge in [-0.2, -0.15) is 5.10 Å². The van der Waals surface area contributed by atoms with E-state index in [1.807, 2.05) is 30.3 Å². The molecule has 1 aliphatic rings. The Morgan fingerprint density at radius 2 is 2.19 bits per heavy atom. The van der Waals surface area contributed by atoms with E-state index < -0.39 is 5.97 Å². The van der Waals surface area contributed by atoms with Crippen molar-refractivity contribution in [2.24, 2.45) is 0 Å². The molecule has 0 saturated carbocycles. The van der Waals surface area contributed by atoms with Crippen LogP contribution in [0.15, 0.2) is 30.3 Å². The maximum absolute atomic E-state index is 11.0. The number of nitrogens with zero attached hydrogens (tertiary/aromatic N) is 3. The highest BCUT2D eigenvalue weighted by Gasteiger charge is 2.24. The zero-order valence-corrected chi connectivity index (χ0v) is 11.6. The van der Waals surface area contributed by atoms with Crippen LogP contribution in [0.2, 0.25) is 0 Å². The van der Waals surface area contributed by atoms with Crippen LogP contribution in [0.4, 0.5) is 0 Å². The first-order chi connectivity index (χ1) is 10.2. The molecule has 1 atom stereocenters. The van der Waals surface area contributed by atoms with Gasteiger partial charge in [0.1, 0.15) is 12.4 Å². The normalized spacial score (nSPS) is 18.0. The molecule has 0 amide bonds. The number of aliphatic carboxylic acids is 1. The minimum Gasteiger partial charge on any atom is -0.480 e. The number of carbonyl (C=O) groups is 1. The molecule has 1 aromatic carbocycles. The van der Waals surface area contributed by atoms with Gasteiger partial charge in [0.05, 0.1) is 6.61 Å². The number of rotatable bonds is 5. The summed E-state index contributed by atoms with van der Waals surface area (Å²) in [6.07, 6.45) is 1.47. The quantitative estimate of drug-likeness (QED) is 0.900.